The Kier molecular flexibility index (Phi) is 5.46. The average molecular weight is 443 g/mol. The van der Waals surface area contributed by atoms with Crippen LogP contribution in [-0.2, 0) is 22.6 Å². The van der Waals surface area contributed by atoms with Crippen LogP contribution in [0.2, 0.25) is 0 Å². The van der Waals surface area contributed by atoms with Gasteiger partial charge in [0.25, 0.3) is 0 Å². The molecule has 0 unspecified atom stereocenters. The van der Waals surface area contributed by atoms with Crippen LogP contribution in [-0.4, -0.2) is 39.1 Å². The largest absolute Gasteiger partial charge is 0.462 e. The Labute approximate surface area is 192 Å². The standard InChI is InChI=1S/C26H26N4O3/c1-3-33-25(32)20-17-23(19-9-5-4-6-10-19)28(18(20)2)14-13-24(31)30-16-15-29-22-12-8-7-11-21(22)27-26(29)30/h4-12,17H,3,13-16H2,1-2H3. The second-order valence-corrected chi connectivity index (χ2v) is 8.11. The number of benzene rings is 2. The minimum atomic E-state index is -0.342. The summed E-state index contributed by atoms with van der Waals surface area (Å²) in [6.07, 6.45) is 0.306. The van der Waals surface area contributed by atoms with Crippen LogP contribution in [0, 0.1) is 6.92 Å². The highest BCUT2D eigenvalue weighted by atomic mass is 16.5. The van der Waals surface area contributed by atoms with Crippen LogP contribution < -0.4 is 4.90 Å². The van der Waals surface area contributed by atoms with Gasteiger partial charge in [0.1, 0.15) is 0 Å². The van der Waals surface area contributed by atoms with Crippen LogP contribution >= 0.6 is 0 Å². The molecule has 3 heterocycles. The molecule has 33 heavy (non-hydrogen) atoms. The Balaban J connectivity index is 1.42. The molecular formula is C26H26N4O3. The number of hydrogen-bond donors (Lipinski definition) is 0. The zero-order valence-electron chi connectivity index (χ0n) is 18.8. The van der Waals surface area contributed by atoms with Crippen molar-refractivity contribution in [1.29, 1.82) is 0 Å². The fraction of sp³-hybridized carbons (Fsp3) is 0.269. The molecule has 1 aliphatic heterocycles. The number of para-hydroxylation sites is 2. The molecule has 168 valence electrons. The molecule has 7 nitrogen and oxygen atoms in total. The lowest BCUT2D eigenvalue weighted by Gasteiger charge is -2.16. The summed E-state index contributed by atoms with van der Waals surface area (Å²) in [7, 11) is 0. The molecule has 7 heteroatoms. The van der Waals surface area contributed by atoms with E-state index in [0.29, 0.717) is 37.6 Å². The van der Waals surface area contributed by atoms with Crippen LogP contribution in [0.4, 0.5) is 5.95 Å². The normalized spacial score (nSPS) is 12.8. The van der Waals surface area contributed by atoms with Gasteiger partial charge in [-0.1, -0.05) is 42.5 Å². The maximum atomic E-state index is 13.2. The van der Waals surface area contributed by atoms with Crippen molar-refractivity contribution in [3.63, 3.8) is 0 Å². The molecule has 4 aromatic rings. The number of rotatable bonds is 6. The van der Waals surface area contributed by atoms with Crippen LogP contribution in [0.25, 0.3) is 22.3 Å². The van der Waals surface area contributed by atoms with Gasteiger partial charge in [0.05, 0.1) is 23.2 Å². The molecule has 2 aromatic heterocycles. The quantitative estimate of drug-likeness (QED) is 0.414. The number of carbonyl (C=O) groups excluding carboxylic acids is 2. The second kappa shape index (κ2) is 8.58. The lowest BCUT2D eigenvalue weighted by Crippen LogP contribution is -2.30. The zero-order valence-corrected chi connectivity index (χ0v) is 18.8. The number of aromatic nitrogens is 3. The van der Waals surface area contributed by atoms with Gasteiger partial charge in [0, 0.05) is 37.4 Å². The second-order valence-electron chi connectivity index (χ2n) is 8.11. The number of carbonyl (C=O) groups is 2. The summed E-state index contributed by atoms with van der Waals surface area (Å²) in [6, 6.07) is 19.7. The average Bonchev–Trinajstić information content (AvgIpc) is 3.50. The minimum Gasteiger partial charge on any atom is -0.462 e. The monoisotopic (exact) mass is 442 g/mol. The Morgan fingerprint density at radius 1 is 1.03 bits per heavy atom. The van der Waals surface area contributed by atoms with Gasteiger partial charge >= 0.3 is 5.97 Å². The Morgan fingerprint density at radius 3 is 2.58 bits per heavy atom. The summed E-state index contributed by atoms with van der Waals surface area (Å²) < 4.78 is 9.39. The Bertz CT molecular complexity index is 1340. The van der Waals surface area contributed by atoms with Crippen molar-refractivity contribution in [2.24, 2.45) is 0 Å². The van der Waals surface area contributed by atoms with Gasteiger partial charge in [-0.3, -0.25) is 9.69 Å². The van der Waals surface area contributed by atoms with E-state index in [0.717, 1.165) is 34.5 Å². The SMILES string of the molecule is CCOC(=O)c1cc(-c2ccccc2)n(CCC(=O)N2CCn3c2nc2ccccc23)c1C. The van der Waals surface area contributed by atoms with Crippen molar-refractivity contribution in [3.05, 3.63) is 71.9 Å². The van der Waals surface area contributed by atoms with Crippen molar-refractivity contribution in [1.82, 2.24) is 14.1 Å². The van der Waals surface area contributed by atoms with Gasteiger partial charge in [0.15, 0.2) is 0 Å². The van der Waals surface area contributed by atoms with E-state index in [1.807, 2.05) is 72.2 Å². The summed E-state index contributed by atoms with van der Waals surface area (Å²) in [5.41, 5.74) is 5.18. The Morgan fingerprint density at radius 2 is 1.79 bits per heavy atom. The van der Waals surface area contributed by atoms with E-state index in [2.05, 4.69) is 9.55 Å². The van der Waals surface area contributed by atoms with Crippen molar-refractivity contribution < 1.29 is 14.3 Å². The maximum Gasteiger partial charge on any atom is 0.339 e. The summed E-state index contributed by atoms with van der Waals surface area (Å²) in [5, 5.41) is 0. The van der Waals surface area contributed by atoms with Crippen LogP contribution in [0.1, 0.15) is 29.4 Å². The highest BCUT2D eigenvalue weighted by Crippen LogP contribution is 2.29. The molecule has 5 rings (SSSR count). The van der Waals surface area contributed by atoms with E-state index in [4.69, 9.17) is 4.74 Å². The van der Waals surface area contributed by atoms with Gasteiger partial charge in [0.2, 0.25) is 11.9 Å². The number of anilines is 1. The van der Waals surface area contributed by atoms with Crippen molar-refractivity contribution >= 4 is 28.9 Å². The van der Waals surface area contributed by atoms with Crippen LogP contribution in [0.5, 0.6) is 0 Å². The van der Waals surface area contributed by atoms with Gasteiger partial charge in [-0.05, 0) is 37.6 Å². The molecule has 0 N–H and O–H groups in total. The molecule has 1 aliphatic rings. The minimum absolute atomic E-state index is 0.0221. The first-order valence-corrected chi connectivity index (χ1v) is 11.3. The molecule has 0 bridgehead atoms. The molecule has 0 saturated heterocycles. The topological polar surface area (TPSA) is 69.4 Å². The predicted octanol–water partition coefficient (Wildman–Crippen LogP) is 4.43. The third-order valence-corrected chi connectivity index (χ3v) is 6.20. The highest BCUT2D eigenvalue weighted by molar-refractivity contribution is 5.95. The molecule has 0 saturated carbocycles. The molecule has 1 amide bonds. The van der Waals surface area contributed by atoms with Gasteiger partial charge in [-0.15, -0.1) is 0 Å². The lowest BCUT2D eigenvalue weighted by atomic mass is 10.1. The van der Waals surface area contributed by atoms with E-state index in [9.17, 15) is 9.59 Å². The first-order valence-electron chi connectivity index (χ1n) is 11.3. The van der Waals surface area contributed by atoms with Crippen molar-refractivity contribution in [3.8, 4) is 11.3 Å². The molecule has 0 fully saturated rings. The molecular weight excluding hydrogens is 416 g/mol. The van der Waals surface area contributed by atoms with Gasteiger partial charge in [-0.2, -0.15) is 0 Å². The van der Waals surface area contributed by atoms with E-state index in [-0.39, 0.29) is 11.9 Å². The van der Waals surface area contributed by atoms with Gasteiger partial charge < -0.3 is 13.9 Å². The summed E-state index contributed by atoms with van der Waals surface area (Å²) in [4.78, 5) is 32.2. The van der Waals surface area contributed by atoms with Crippen molar-refractivity contribution in [2.75, 3.05) is 18.1 Å². The van der Waals surface area contributed by atoms with Crippen LogP contribution in [0.15, 0.2) is 60.7 Å². The van der Waals surface area contributed by atoms with E-state index >= 15 is 0 Å². The molecule has 0 spiro atoms. The number of amides is 1. The van der Waals surface area contributed by atoms with E-state index in [1.165, 1.54) is 0 Å². The predicted molar refractivity (Wildman–Crippen MR) is 127 cm³/mol. The fourth-order valence-corrected chi connectivity index (χ4v) is 4.56. The smallest absolute Gasteiger partial charge is 0.339 e. The first kappa shape index (κ1) is 21.0. The van der Waals surface area contributed by atoms with Crippen LogP contribution in [0.3, 0.4) is 0 Å². The zero-order chi connectivity index (χ0) is 22.9. The number of nitrogens with zero attached hydrogens (tertiary/aromatic N) is 4. The highest BCUT2D eigenvalue weighted by Gasteiger charge is 2.28. The number of imidazole rings is 1. The number of ether oxygens (including phenoxy) is 1. The molecule has 2 aromatic carbocycles. The molecule has 0 aliphatic carbocycles. The third kappa shape index (κ3) is 3.69. The summed E-state index contributed by atoms with van der Waals surface area (Å²) in [6.45, 7) is 5.84. The van der Waals surface area contributed by atoms with E-state index < -0.39 is 0 Å². The van der Waals surface area contributed by atoms with Gasteiger partial charge in [-0.25, -0.2) is 9.78 Å². The Hall–Kier alpha value is -3.87. The van der Waals surface area contributed by atoms with Crippen molar-refractivity contribution in [2.45, 2.75) is 33.4 Å². The third-order valence-electron chi connectivity index (χ3n) is 6.20. The maximum absolute atomic E-state index is 13.2. The molecule has 0 atom stereocenters. The summed E-state index contributed by atoms with van der Waals surface area (Å²) >= 11 is 0. The number of hydrogen-bond acceptors (Lipinski definition) is 4. The number of esters is 1. The van der Waals surface area contributed by atoms with E-state index in [1.54, 1.807) is 11.8 Å². The molecule has 0 radical (unpaired) electrons. The number of fused-ring (bicyclic) bond motifs is 3. The lowest BCUT2D eigenvalue weighted by molar-refractivity contribution is -0.118. The summed E-state index contributed by atoms with van der Waals surface area (Å²) in [5.74, 6) is 0.389. The fourth-order valence-electron chi connectivity index (χ4n) is 4.56. The first-order chi connectivity index (χ1) is 16.1.